The molecule has 1 aromatic rings. The third kappa shape index (κ3) is 3.46. The normalized spacial score (nSPS) is 22.0. The summed E-state index contributed by atoms with van der Waals surface area (Å²) < 4.78 is 0. The van der Waals surface area contributed by atoms with Crippen LogP contribution in [-0.4, -0.2) is 5.78 Å². The third-order valence-electron chi connectivity index (χ3n) is 3.84. The second-order valence-corrected chi connectivity index (χ2v) is 5.75. The van der Waals surface area contributed by atoms with Gasteiger partial charge in [0, 0.05) is 23.4 Å². The second-order valence-electron chi connectivity index (χ2n) is 5.75. The molecule has 1 saturated carbocycles. The highest BCUT2D eigenvalue weighted by Gasteiger charge is 2.22. The fourth-order valence-electron chi connectivity index (χ4n) is 2.45. The van der Waals surface area contributed by atoms with Crippen molar-refractivity contribution in [2.45, 2.75) is 46.0 Å². The molecule has 0 radical (unpaired) electrons. The van der Waals surface area contributed by atoms with Gasteiger partial charge >= 0.3 is 0 Å². The molecule has 0 heterocycles. The lowest BCUT2D eigenvalue weighted by Gasteiger charge is -2.19. The highest BCUT2D eigenvalue weighted by molar-refractivity contribution is 5.97. The minimum atomic E-state index is 0.185. The van der Waals surface area contributed by atoms with Gasteiger partial charge in [-0.05, 0) is 42.9 Å². The van der Waals surface area contributed by atoms with Gasteiger partial charge in [-0.15, -0.1) is 0 Å². The van der Waals surface area contributed by atoms with Crippen molar-refractivity contribution in [1.82, 2.24) is 0 Å². The van der Waals surface area contributed by atoms with Crippen molar-refractivity contribution in [2.24, 2.45) is 5.92 Å². The van der Waals surface area contributed by atoms with Crippen molar-refractivity contribution < 1.29 is 4.79 Å². The number of ketones is 1. The number of hydrogen-bond acceptors (Lipinski definition) is 2. The zero-order valence-corrected chi connectivity index (χ0v) is 12.1. The number of carbonyl (C=O) groups excluding carboxylic acids is 1. The van der Waals surface area contributed by atoms with Gasteiger partial charge in [-0.2, -0.15) is 0 Å². The standard InChI is InChI=1S/C17H23NO/c1-12(2)14-7-9-16(10-8-14)18-11-15-6-4-5-13(3)17(15)19/h7-13,18H,4-6H2,1-3H3/b15-11-/t13-/m1/s1. The number of nitrogens with one attached hydrogen (secondary N) is 1. The topological polar surface area (TPSA) is 29.1 Å². The van der Waals surface area contributed by atoms with Crippen molar-refractivity contribution in [3.63, 3.8) is 0 Å². The van der Waals surface area contributed by atoms with E-state index >= 15 is 0 Å². The lowest BCUT2D eigenvalue weighted by molar-refractivity contribution is -0.119. The van der Waals surface area contributed by atoms with E-state index in [4.69, 9.17) is 0 Å². The van der Waals surface area contributed by atoms with Gasteiger partial charge in [-0.1, -0.05) is 32.9 Å². The maximum Gasteiger partial charge on any atom is 0.163 e. The molecule has 0 spiro atoms. The van der Waals surface area contributed by atoms with Gasteiger partial charge in [0.25, 0.3) is 0 Å². The fraction of sp³-hybridized carbons (Fsp3) is 0.471. The van der Waals surface area contributed by atoms with Crippen LogP contribution in [0.3, 0.4) is 0 Å². The second kappa shape index (κ2) is 6.05. The van der Waals surface area contributed by atoms with Gasteiger partial charge < -0.3 is 5.32 Å². The first-order valence-corrected chi connectivity index (χ1v) is 7.17. The Labute approximate surface area is 115 Å². The van der Waals surface area contributed by atoms with E-state index in [9.17, 15) is 4.79 Å². The number of benzene rings is 1. The van der Waals surface area contributed by atoms with E-state index in [1.165, 1.54) is 5.56 Å². The zero-order chi connectivity index (χ0) is 13.8. The number of carbonyl (C=O) groups is 1. The summed E-state index contributed by atoms with van der Waals surface area (Å²) in [6, 6.07) is 8.42. The fourth-order valence-corrected chi connectivity index (χ4v) is 2.45. The van der Waals surface area contributed by atoms with Gasteiger partial charge in [0.05, 0.1) is 0 Å². The molecule has 0 unspecified atom stereocenters. The van der Waals surface area contributed by atoms with Crippen LogP contribution in [0.2, 0.25) is 0 Å². The first-order chi connectivity index (χ1) is 9.08. The first-order valence-electron chi connectivity index (χ1n) is 7.17. The average Bonchev–Trinajstić information content (AvgIpc) is 2.41. The van der Waals surface area contributed by atoms with Crippen LogP contribution in [0.5, 0.6) is 0 Å². The Kier molecular flexibility index (Phi) is 4.41. The molecule has 0 amide bonds. The van der Waals surface area contributed by atoms with Crippen LogP contribution >= 0.6 is 0 Å². The number of rotatable bonds is 3. The van der Waals surface area contributed by atoms with E-state index in [2.05, 4.69) is 43.4 Å². The first kappa shape index (κ1) is 13.9. The lowest BCUT2D eigenvalue weighted by atomic mass is 9.86. The van der Waals surface area contributed by atoms with Crippen LogP contribution in [0.4, 0.5) is 5.69 Å². The van der Waals surface area contributed by atoms with Crippen LogP contribution < -0.4 is 5.32 Å². The largest absolute Gasteiger partial charge is 0.361 e. The summed E-state index contributed by atoms with van der Waals surface area (Å²) in [7, 11) is 0. The maximum atomic E-state index is 12.0. The van der Waals surface area contributed by atoms with Crippen LogP contribution in [0.1, 0.15) is 51.5 Å². The summed E-state index contributed by atoms with van der Waals surface area (Å²) in [6.07, 6.45) is 4.94. The summed E-state index contributed by atoms with van der Waals surface area (Å²) in [4.78, 5) is 12.0. The van der Waals surface area contributed by atoms with Gasteiger partial charge in [-0.25, -0.2) is 0 Å². The van der Waals surface area contributed by atoms with Gasteiger partial charge in [0.2, 0.25) is 0 Å². The number of Topliss-reactive ketones (excluding diaryl/α,β-unsaturated/α-hetero) is 1. The molecule has 0 bridgehead atoms. The van der Waals surface area contributed by atoms with Crippen LogP contribution in [0, 0.1) is 5.92 Å². The van der Waals surface area contributed by atoms with Gasteiger partial charge in [0.15, 0.2) is 5.78 Å². The Balaban J connectivity index is 2.03. The number of hydrogen-bond donors (Lipinski definition) is 1. The summed E-state index contributed by atoms with van der Waals surface area (Å²) in [6.45, 7) is 6.39. The number of anilines is 1. The zero-order valence-electron chi connectivity index (χ0n) is 12.1. The van der Waals surface area contributed by atoms with E-state index in [0.29, 0.717) is 11.7 Å². The number of allylic oxidation sites excluding steroid dienone is 1. The van der Waals surface area contributed by atoms with Crippen molar-refractivity contribution in [3.05, 3.63) is 41.6 Å². The molecule has 2 rings (SSSR count). The molecule has 2 heteroatoms. The molecule has 0 aromatic heterocycles. The van der Waals surface area contributed by atoms with Crippen molar-refractivity contribution in [1.29, 1.82) is 0 Å². The van der Waals surface area contributed by atoms with E-state index in [-0.39, 0.29) is 5.92 Å². The molecular formula is C17H23NO. The summed E-state index contributed by atoms with van der Waals surface area (Å²) in [5, 5.41) is 3.25. The molecule has 1 aliphatic carbocycles. The highest BCUT2D eigenvalue weighted by Crippen LogP contribution is 2.25. The molecule has 1 N–H and O–H groups in total. The molecule has 102 valence electrons. The Morgan fingerprint density at radius 2 is 1.95 bits per heavy atom. The molecule has 1 atom stereocenters. The van der Waals surface area contributed by atoms with Crippen molar-refractivity contribution in [3.8, 4) is 0 Å². The predicted molar refractivity (Wildman–Crippen MR) is 80.3 cm³/mol. The highest BCUT2D eigenvalue weighted by atomic mass is 16.1. The lowest BCUT2D eigenvalue weighted by Crippen LogP contribution is -2.19. The monoisotopic (exact) mass is 257 g/mol. The molecule has 19 heavy (non-hydrogen) atoms. The summed E-state index contributed by atoms with van der Waals surface area (Å²) >= 11 is 0. The molecule has 1 aromatic carbocycles. The van der Waals surface area contributed by atoms with E-state index in [1.54, 1.807) is 0 Å². The van der Waals surface area contributed by atoms with Crippen molar-refractivity contribution in [2.75, 3.05) is 5.32 Å². The van der Waals surface area contributed by atoms with E-state index in [1.807, 2.05) is 13.1 Å². The van der Waals surface area contributed by atoms with Gasteiger partial charge in [-0.3, -0.25) is 4.79 Å². The molecule has 0 saturated heterocycles. The third-order valence-corrected chi connectivity index (χ3v) is 3.84. The van der Waals surface area contributed by atoms with E-state index in [0.717, 1.165) is 30.5 Å². The molecule has 2 nitrogen and oxygen atoms in total. The maximum absolute atomic E-state index is 12.0. The molecular weight excluding hydrogens is 234 g/mol. The SMILES string of the molecule is CC(C)c1ccc(N/C=C2/CCC[C@@H](C)C2=O)cc1. The molecule has 1 fully saturated rings. The van der Waals surface area contributed by atoms with Gasteiger partial charge in [0.1, 0.15) is 0 Å². The van der Waals surface area contributed by atoms with Crippen LogP contribution in [0.25, 0.3) is 0 Å². The quantitative estimate of drug-likeness (QED) is 0.808. The van der Waals surface area contributed by atoms with Crippen LogP contribution in [0.15, 0.2) is 36.0 Å². The average molecular weight is 257 g/mol. The Bertz CT molecular complexity index is 471. The Morgan fingerprint density at radius 1 is 1.26 bits per heavy atom. The minimum Gasteiger partial charge on any atom is -0.361 e. The Hall–Kier alpha value is -1.57. The minimum absolute atomic E-state index is 0.185. The van der Waals surface area contributed by atoms with Crippen LogP contribution in [-0.2, 0) is 4.79 Å². The predicted octanol–water partition coefficient (Wildman–Crippen LogP) is 4.49. The van der Waals surface area contributed by atoms with E-state index < -0.39 is 0 Å². The Morgan fingerprint density at radius 3 is 2.58 bits per heavy atom. The summed E-state index contributed by atoms with van der Waals surface area (Å²) in [5.74, 6) is 1.04. The summed E-state index contributed by atoms with van der Waals surface area (Å²) in [5.41, 5.74) is 3.31. The van der Waals surface area contributed by atoms with Crippen molar-refractivity contribution >= 4 is 11.5 Å². The molecule has 1 aliphatic rings. The smallest absolute Gasteiger partial charge is 0.163 e. The molecule has 0 aliphatic heterocycles.